The number of rotatable bonds is 2. The maximum Gasteiger partial charge on any atom is 0.124 e. The van der Waals surface area contributed by atoms with Crippen molar-refractivity contribution < 1.29 is 4.74 Å². The van der Waals surface area contributed by atoms with E-state index in [0.29, 0.717) is 6.04 Å². The number of benzene rings is 1. The number of ether oxygens (including phenoxy) is 1. The maximum atomic E-state index is 6.52. The lowest BCUT2D eigenvalue weighted by molar-refractivity contribution is 0.0995. The second kappa shape index (κ2) is 6.15. The van der Waals surface area contributed by atoms with Crippen molar-refractivity contribution in [1.82, 2.24) is 4.90 Å². The van der Waals surface area contributed by atoms with Gasteiger partial charge in [-0.1, -0.05) is 31.5 Å². The number of para-hydroxylation sites is 1. The molecule has 1 aromatic carbocycles. The summed E-state index contributed by atoms with van der Waals surface area (Å²) >= 11 is 0. The first-order chi connectivity index (χ1) is 9.79. The molecule has 0 radical (unpaired) electrons. The van der Waals surface area contributed by atoms with E-state index in [1.165, 1.54) is 44.3 Å². The van der Waals surface area contributed by atoms with E-state index in [-0.39, 0.29) is 6.04 Å². The Hall–Kier alpha value is -1.06. The molecule has 3 nitrogen and oxygen atoms in total. The van der Waals surface area contributed by atoms with Gasteiger partial charge in [0.2, 0.25) is 0 Å². The van der Waals surface area contributed by atoms with Crippen LogP contribution in [0.4, 0.5) is 0 Å². The van der Waals surface area contributed by atoms with Gasteiger partial charge in [0.05, 0.1) is 12.1 Å². The summed E-state index contributed by atoms with van der Waals surface area (Å²) in [6.07, 6.45) is 5.28. The van der Waals surface area contributed by atoms with Crippen LogP contribution in [0.2, 0.25) is 0 Å². The summed E-state index contributed by atoms with van der Waals surface area (Å²) in [5, 5.41) is 0. The number of fused-ring (bicyclic) bond motifs is 1. The van der Waals surface area contributed by atoms with Crippen LogP contribution in [0.3, 0.4) is 0 Å². The predicted molar refractivity (Wildman–Crippen MR) is 81.9 cm³/mol. The lowest BCUT2D eigenvalue weighted by atomic mass is 9.95. The Morgan fingerprint density at radius 2 is 2.10 bits per heavy atom. The van der Waals surface area contributed by atoms with Crippen molar-refractivity contribution in [3.05, 3.63) is 29.8 Å². The van der Waals surface area contributed by atoms with Crippen LogP contribution in [0.25, 0.3) is 0 Å². The zero-order valence-corrected chi connectivity index (χ0v) is 12.4. The molecule has 0 aromatic heterocycles. The molecule has 3 rings (SSSR count). The second-order valence-electron chi connectivity index (χ2n) is 6.18. The van der Waals surface area contributed by atoms with Crippen molar-refractivity contribution in [3.63, 3.8) is 0 Å². The molecule has 2 heterocycles. The topological polar surface area (TPSA) is 38.5 Å². The van der Waals surface area contributed by atoms with E-state index in [0.717, 1.165) is 18.3 Å². The molecule has 110 valence electrons. The molecule has 1 saturated heterocycles. The molecule has 2 aliphatic heterocycles. The fourth-order valence-corrected chi connectivity index (χ4v) is 3.63. The highest BCUT2D eigenvalue weighted by Gasteiger charge is 2.33. The Balaban J connectivity index is 1.72. The van der Waals surface area contributed by atoms with Crippen LogP contribution in [0.1, 0.15) is 44.2 Å². The smallest absolute Gasteiger partial charge is 0.124 e. The molecule has 3 unspecified atom stereocenters. The Morgan fingerprint density at radius 3 is 2.95 bits per heavy atom. The van der Waals surface area contributed by atoms with Crippen LogP contribution < -0.4 is 10.5 Å². The monoisotopic (exact) mass is 274 g/mol. The van der Waals surface area contributed by atoms with Crippen molar-refractivity contribution in [3.8, 4) is 5.75 Å². The summed E-state index contributed by atoms with van der Waals surface area (Å²) in [7, 11) is 0. The molecule has 20 heavy (non-hydrogen) atoms. The van der Waals surface area contributed by atoms with Crippen molar-refractivity contribution in [2.75, 3.05) is 19.7 Å². The van der Waals surface area contributed by atoms with Crippen molar-refractivity contribution >= 4 is 0 Å². The van der Waals surface area contributed by atoms with E-state index in [1.807, 2.05) is 12.1 Å². The molecule has 1 aromatic rings. The highest BCUT2D eigenvalue weighted by molar-refractivity contribution is 5.38. The van der Waals surface area contributed by atoms with Crippen LogP contribution >= 0.6 is 0 Å². The van der Waals surface area contributed by atoms with Crippen molar-refractivity contribution in [2.45, 2.75) is 44.7 Å². The minimum Gasteiger partial charge on any atom is -0.492 e. The van der Waals surface area contributed by atoms with Crippen LogP contribution in [0.15, 0.2) is 24.3 Å². The summed E-state index contributed by atoms with van der Waals surface area (Å²) in [6.45, 7) is 5.38. The van der Waals surface area contributed by atoms with E-state index >= 15 is 0 Å². The summed E-state index contributed by atoms with van der Waals surface area (Å²) in [5.41, 5.74) is 7.68. The third-order valence-corrected chi connectivity index (χ3v) is 5.03. The number of hydrogen-bond donors (Lipinski definition) is 1. The quantitative estimate of drug-likeness (QED) is 0.901. The number of hydrogen-bond acceptors (Lipinski definition) is 3. The summed E-state index contributed by atoms with van der Waals surface area (Å²) in [5.74, 6) is 1.87. The Bertz CT molecular complexity index is 448. The first-order valence-corrected chi connectivity index (χ1v) is 8.01. The average molecular weight is 274 g/mol. The van der Waals surface area contributed by atoms with Gasteiger partial charge in [-0.05, 0) is 44.3 Å². The molecule has 0 aliphatic carbocycles. The lowest BCUT2D eigenvalue weighted by Gasteiger charge is -2.38. The van der Waals surface area contributed by atoms with Gasteiger partial charge in [0.15, 0.2) is 0 Å². The van der Waals surface area contributed by atoms with Crippen molar-refractivity contribution in [2.24, 2.45) is 11.7 Å². The van der Waals surface area contributed by atoms with Gasteiger partial charge >= 0.3 is 0 Å². The molecule has 3 heteroatoms. The molecule has 2 N–H and O–H groups in total. The first-order valence-electron chi connectivity index (χ1n) is 8.01. The van der Waals surface area contributed by atoms with Crippen molar-refractivity contribution in [1.29, 1.82) is 0 Å². The first kappa shape index (κ1) is 13.9. The van der Waals surface area contributed by atoms with Crippen LogP contribution in [-0.4, -0.2) is 30.6 Å². The number of nitrogens with zero attached hydrogens (tertiary/aromatic N) is 1. The van der Waals surface area contributed by atoms with Gasteiger partial charge in [-0.3, -0.25) is 4.90 Å². The van der Waals surface area contributed by atoms with E-state index in [2.05, 4.69) is 24.0 Å². The van der Waals surface area contributed by atoms with E-state index in [9.17, 15) is 0 Å². The molecule has 0 spiro atoms. The lowest BCUT2D eigenvalue weighted by Crippen LogP contribution is -2.49. The number of nitrogens with two attached hydrogens (primary N) is 1. The molecule has 0 amide bonds. The van der Waals surface area contributed by atoms with Gasteiger partial charge in [-0.2, -0.15) is 0 Å². The van der Waals surface area contributed by atoms with Gasteiger partial charge in [0, 0.05) is 5.56 Å². The van der Waals surface area contributed by atoms with Crippen LogP contribution in [0.5, 0.6) is 5.75 Å². The molecule has 3 atom stereocenters. The molecule has 1 fully saturated rings. The third kappa shape index (κ3) is 2.70. The van der Waals surface area contributed by atoms with E-state index in [4.69, 9.17) is 10.5 Å². The van der Waals surface area contributed by atoms with Gasteiger partial charge in [0.1, 0.15) is 12.4 Å². The van der Waals surface area contributed by atoms with Crippen LogP contribution in [-0.2, 0) is 0 Å². The number of likely N-dealkylation sites (tertiary alicyclic amines) is 1. The normalized spacial score (nSPS) is 31.2. The fraction of sp³-hybridized carbons (Fsp3) is 0.647. The van der Waals surface area contributed by atoms with E-state index < -0.39 is 0 Å². The van der Waals surface area contributed by atoms with Crippen LogP contribution in [0, 0.1) is 5.92 Å². The largest absolute Gasteiger partial charge is 0.492 e. The molecule has 2 aliphatic rings. The molecule has 0 bridgehead atoms. The molecule has 0 saturated carbocycles. The predicted octanol–water partition coefficient (Wildman–Crippen LogP) is 2.96. The highest BCUT2D eigenvalue weighted by atomic mass is 16.5. The Kier molecular flexibility index (Phi) is 4.27. The second-order valence-corrected chi connectivity index (χ2v) is 6.18. The minimum atomic E-state index is 0.0816. The Labute approximate surface area is 122 Å². The summed E-state index contributed by atoms with van der Waals surface area (Å²) in [4.78, 5) is 2.57. The van der Waals surface area contributed by atoms with Gasteiger partial charge < -0.3 is 10.5 Å². The highest BCUT2D eigenvalue weighted by Crippen LogP contribution is 2.33. The summed E-state index contributed by atoms with van der Waals surface area (Å²) in [6, 6.07) is 8.63. The zero-order valence-electron chi connectivity index (χ0n) is 12.4. The maximum absolute atomic E-state index is 6.52. The summed E-state index contributed by atoms with van der Waals surface area (Å²) < 4.78 is 5.93. The third-order valence-electron chi connectivity index (χ3n) is 5.03. The molecular weight excluding hydrogens is 248 g/mol. The van der Waals surface area contributed by atoms with Gasteiger partial charge in [-0.25, -0.2) is 0 Å². The minimum absolute atomic E-state index is 0.0816. The van der Waals surface area contributed by atoms with Gasteiger partial charge in [0.25, 0.3) is 0 Å². The SMILES string of the molecule is CCC1CCCN(C2COc3ccccc3C2N)CC1. The van der Waals surface area contributed by atoms with E-state index in [1.54, 1.807) is 0 Å². The van der Waals surface area contributed by atoms with Gasteiger partial charge in [-0.15, -0.1) is 0 Å². The standard InChI is InChI=1S/C17H26N2O/c1-2-13-6-5-10-19(11-9-13)15-12-20-16-8-4-3-7-14(16)17(15)18/h3-4,7-8,13,15,17H,2,5-6,9-12,18H2,1H3. The molecular formula is C17H26N2O. The average Bonchev–Trinajstić information content (AvgIpc) is 2.73. The zero-order chi connectivity index (χ0) is 13.9. The fourth-order valence-electron chi connectivity index (χ4n) is 3.63. The Morgan fingerprint density at radius 1 is 1.25 bits per heavy atom.